The lowest BCUT2D eigenvalue weighted by Gasteiger charge is -2.33. The molecule has 8 heteroatoms. The number of likely N-dealkylation sites (tertiary alicyclic amines) is 1. The molecule has 1 aromatic rings. The summed E-state index contributed by atoms with van der Waals surface area (Å²) in [6.45, 7) is 6.35. The molecule has 1 aromatic carbocycles. The number of hydrogen-bond acceptors (Lipinski definition) is 4. The Bertz CT molecular complexity index is 869. The molecule has 176 valence electrons. The Morgan fingerprint density at radius 3 is 2.22 bits per heavy atom. The van der Waals surface area contributed by atoms with Gasteiger partial charge in [0.1, 0.15) is 29.0 Å². The zero-order chi connectivity index (χ0) is 23.2. The minimum atomic E-state index is -0.999. The lowest BCUT2D eigenvalue weighted by atomic mass is 9.91. The van der Waals surface area contributed by atoms with Crippen molar-refractivity contribution < 1.29 is 27.8 Å². The fourth-order valence-electron chi connectivity index (χ4n) is 4.40. The molecule has 2 amide bonds. The van der Waals surface area contributed by atoms with Crippen molar-refractivity contribution in [1.29, 1.82) is 0 Å². The van der Waals surface area contributed by atoms with Crippen molar-refractivity contribution in [2.24, 2.45) is 11.8 Å². The highest BCUT2D eigenvalue weighted by Crippen LogP contribution is 2.41. The van der Waals surface area contributed by atoms with Crippen LogP contribution in [0.25, 0.3) is 0 Å². The Morgan fingerprint density at radius 1 is 1.12 bits per heavy atom. The highest BCUT2D eigenvalue weighted by molar-refractivity contribution is 5.89. The summed E-state index contributed by atoms with van der Waals surface area (Å²) in [5.74, 6) is -1.86. The Labute approximate surface area is 187 Å². The van der Waals surface area contributed by atoms with Crippen LogP contribution in [0.2, 0.25) is 0 Å². The van der Waals surface area contributed by atoms with Crippen molar-refractivity contribution >= 4 is 12.0 Å². The van der Waals surface area contributed by atoms with Crippen LogP contribution in [0.1, 0.15) is 57.9 Å². The molecule has 1 aliphatic heterocycles. The number of nitrogens with zero attached hydrogens (tertiary/aromatic N) is 2. The van der Waals surface area contributed by atoms with Crippen LogP contribution in [0.4, 0.5) is 13.6 Å². The summed E-state index contributed by atoms with van der Waals surface area (Å²) >= 11 is 0. The standard InChI is InChI=1S/C24H32F2N2O4/c1-24(2,3)32-23(30)28(12-15-7-8-15)21-17(13-27(22(21)29)11-14-5-6-14)20-18(25)9-16(31-4)10-19(20)26/h9-10,14-15,17,21H,5-8,11-13H2,1-4H3/t17-,21-/m0/s1. The highest BCUT2D eigenvalue weighted by atomic mass is 19.1. The summed E-state index contributed by atoms with van der Waals surface area (Å²) in [6, 6.07) is 1.26. The molecule has 1 heterocycles. The normalized spacial score (nSPS) is 23.4. The van der Waals surface area contributed by atoms with E-state index < -0.39 is 35.3 Å². The molecule has 0 radical (unpaired) electrons. The maximum absolute atomic E-state index is 15.1. The summed E-state index contributed by atoms with van der Waals surface area (Å²) in [6.07, 6.45) is 3.39. The summed E-state index contributed by atoms with van der Waals surface area (Å²) < 4.78 is 40.7. The van der Waals surface area contributed by atoms with E-state index >= 15 is 8.78 Å². The zero-order valence-corrected chi connectivity index (χ0v) is 19.2. The summed E-state index contributed by atoms with van der Waals surface area (Å²) in [5.41, 5.74) is -0.924. The predicted octanol–water partition coefficient (Wildman–Crippen LogP) is 4.32. The van der Waals surface area contributed by atoms with E-state index in [1.165, 1.54) is 12.0 Å². The number of hydrogen-bond donors (Lipinski definition) is 0. The molecular formula is C24H32F2N2O4. The third kappa shape index (κ3) is 4.99. The van der Waals surface area contributed by atoms with Crippen molar-refractivity contribution in [3.05, 3.63) is 29.3 Å². The third-order valence-corrected chi connectivity index (χ3v) is 6.31. The first-order valence-electron chi connectivity index (χ1n) is 11.4. The molecule has 0 N–H and O–H groups in total. The van der Waals surface area contributed by atoms with Gasteiger partial charge in [-0.2, -0.15) is 0 Å². The molecule has 3 fully saturated rings. The van der Waals surface area contributed by atoms with Crippen LogP contribution < -0.4 is 4.74 Å². The van der Waals surface area contributed by atoms with E-state index in [2.05, 4.69) is 0 Å². The molecule has 1 saturated heterocycles. The first-order valence-corrected chi connectivity index (χ1v) is 11.4. The van der Waals surface area contributed by atoms with Gasteiger partial charge in [0.2, 0.25) is 5.91 Å². The van der Waals surface area contributed by atoms with Gasteiger partial charge in [-0.15, -0.1) is 0 Å². The quantitative estimate of drug-likeness (QED) is 0.621. The summed E-state index contributed by atoms with van der Waals surface area (Å²) in [4.78, 5) is 29.8. The van der Waals surface area contributed by atoms with Gasteiger partial charge in [0, 0.05) is 43.2 Å². The topological polar surface area (TPSA) is 59.1 Å². The van der Waals surface area contributed by atoms with Crippen molar-refractivity contribution in [2.75, 3.05) is 26.7 Å². The molecule has 4 rings (SSSR count). The number of carbonyl (C=O) groups excluding carboxylic acids is 2. The minimum Gasteiger partial charge on any atom is -0.497 e. The average Bonchev–Trinajstić information content (AvgIpc) is 3.60. The fourth-order valence-corrected chi connectivity index (χ4v) is 4.40. The summed E-state index contributed by atoms with van der Waals surface area (Å²) in [5, 5.41) is 0. The van der Waals surface area contributed by atoms with Crippen molar-refractivity contribution in [1.82, 2.24) is 9.80 Å². The molecule has 0 bridgehead atoms. The maximum Gasteiger partial charge on any atom is 0.411 e. The molecule has 2 aliphatic carbocycles. The molecule has 3 aliphatic rings. The van der Waals surface area contributed by atoms with Gasteiger partial charge in [-0.25, -0.2) is 13.6 Å². The second kappa shape index (κ2) is 8.52. The lowest BCUT2D eigenvalue weighted by molar-refractivity contribution is -0.132. The largest absolute Gasteiger partial charge is 0.497 e. The first kappa shape index (κ1) is 22.8. The van der Waals surface area contributed by atoms with E-state index in [1.54, 1.807) is 25.7 Å². The average molecular weight is 451 g/mol. The number of halogens is 2. The molecule has 6 nitrogen and oxygen atoms in total. The van der Waals surface area contributed by atoms with E-state index in [1.807, 2.05) is 0 Å². The van der Waals surface area contributed by atoms with Gasteiger partial charge in [0.05, 0.1) is 7.11 Å². The SMILES string of the molecule is COc1cc(F)c([C@@H]2CN(CC3CC3)C(=O)[C@H]2N(CC2CC2)C(=O)OC(C)(C)C)c(F)c1. The zero-order valence-electron chi connectivity index (χ0n) is 19.2. The smallest absolute Gasteiger partial charge is 0.411 e. The molecule has 0 unspecified atom stereocenters. The molecule has 0 spiro atoms. The second-order valence-electron chi connectivity index (χ2n) is 10.3. The Balaban J connectivity index is 1.72. The van der Waals surface area contributed by atoms with Gasteiger partial charge in [-0.1, -0.05) is 0 Å². The van der Waals surface area contributed by atoms with Crippen molar-refractivity contribution in [3.63, 3.8) is 0 Å². The van der Waals surface area contributed by atoms with Crippen LogP contribution in [0.15, 0.2) is 12.1 Å². The van der Waals surface area contributed by atoms with E-state index in [4.69, 9.17) is 9.47 Å². The van der Waals surface area contributed by atoms with Crippen LogP contribution in [-0.2, 0) is 9.53 Å². The highest BCUT2D eigenvalue weighted by Gasteiger charge is 2.50. The van der Waals surface area contributed by atoms with E-state index in [9.17, 15) is 9.59 Å². The van der Waals surface area contributed by atoms with Gasteiger partial charge in [0.15, 0.2) is 0 Å². The molecule has 32 heavy (non-hydrogen) atoms. The van der Waals surface area contributed by atoms with Crippen LogP contribution in [0.5, 0.6) is 5.75 Å². The molecular weight excluding hydrogens is 418 g/mol. The molecule has 0 aromatic heterocycles. The van der Waals surface area contributed by atoms with Gasteiger partial charge in [0.25, 0.3) is 0 Å². The monoisotopic (exact) mass is 450 g/mol. The van der Waals surface area contributed by atoms with Gasteiger partial charge in [-0.05, 0) is 58.3 Å². The Morgan fingerprint density at radius 2 is 1.72 bits per heavy atom. The van der Waals surface area contributed by atoms with Crippen LogP contribution in [-0.4, -0.2) is 60.2 Å². The number of carbonyl (C=O) groups is 2. The van der Waals surface area contributed by atoms with Crippen LogP contribution >= 0.6 is 0 Å². The Hall–Kier alpha value is -2.38. The van der Waals surface area contributed by atoms with Crippen molar-refractivity contribution in [3.8, 4) is 5.75 Å². The van der Waals surface area contributed by atoms with E-state index in [0.717, 1.165) is 37.8 Å². The number of ether oxygens (including phenoxy) is 2. The van der Waals surface area contributed by atoms with Gasteiger partial charge in [-0.3, -0.25) is 9.69 Å². The summed E-state index contributed by atoms with van der Waals surface area (Å²) in [7, 11) is 1.34. The van der Waals surface area contributed by atoms with Crippen LogP contribution in [0.3, 0.4) is 0 Å². The van der Waals surface area contributed by atoms with Crippen molar-refractivity contribution in [2.45, 2.75) is 64.0 Å². The van der Waals surface area contributed by atoms with Gasteiger partial charge < -0.3 is 14.4 Å². The van der Waals surface area contributed by atoms with E-state index in [-0.39, 0.29) is 29.7 Å². The van der Waals surface area contributed by atoms with Gasteiger partial charge >= 0.3 is 6.09 Å². The molecule has 2 atom stereocenters. The van der Waals surface area contributed by atoms with Crippen LogP contribution in [0, 0.1) is 23.5 Å². The number of methoxy groups -OCH3 is 1. The Kier molecular flexibility index (Phi) is 6.07. The number of rotatable bonds is 7. The minimum absolute atomic E-state index is 0.0708. The maximum atomic E-state index is 15.1. The van der Waals surface area contributed by atoms with E-state index in [0.29, 0.717) is 19.0 Å². The number of benzene rings is 1. The second-order valence-corrected chi connectivity index (χ2v) is 10.3. The fraction of sp³-hybridized carbons (Fsp3) is 0.667. The lowest BCUT2D eigenvalue weighted by Crippen LogP contribution is -2.50. The molecule has 2 saturated carbocycles. The first-order chi connectivity index (χ1) is 15.1. The number of amides is 2. The predicted molar refractivity (Wildman–Crippen MR) is 114 cm³/mol. The third-order valence-electron chi connectivity index (χ3n) is 6.31.